The molecule has 14 nitrogen and oxygen atoms in total. The quantitative estimate of drug-likeness (QED) is 0.376. The van der Waals surface area contributed by atoms with E-state index in [1.54, 1.807) is 48.9 Å². The van der Waals surface area contributed by atoms with Crippen LogP contribution in [0.25, 0.3) is 39.8 Å². The van der Waals surface area contributed by atoms with Crippen LogP contribution in [0.1, 0.15) is 11.4 Å². The van der Waals surface area contributed by atoms with Crippen LogP contribution < -0.4 is 5.73 Å². The standard InChI is InChI=1S/C22H14N14/c23-10-13-4-1-2-5-14(13)18-17(15-6-9-25-12-28-15)20-29-16(32-36(20)22(24)30-18)11-35-21(31-33-34-35)19-26-7-3-8-27-19/h1-9,12H,11H2,(H2,24,30). The third kappa shape index (κ3) is 3.53. The fraction of sp³-hybridized carbons (Fsp3) is 0.0455. The fourth-order valence-electron chi connectivity index (χ4n) is 3.74. The van der Waals surface area contributed by atoms with Gasteiger partial charge in [0.1, 0.15) is 12.9 Å². The van der Waals surface area contributed by atoms with E-state index in [4.69, 9.17) is 10.7 Å². The highest BCUT2D eigenvalue weighted by molar-refractivity contribution is 5.90. The zero-order valence-corrected chi connectivity index (χ0v) is 18.4. The molecule has 172 valence electrons. The predicted molar refractivity (Wildman–Crippen MR) is 124 cm³/mol. The molecule has 36 heavy (non-hydrogen) atoms. The molecule has 0 bridgehead atoms. The minimum Gasteiger partial charge on any atom is -0.368 e. The Balaban J connectivity index is 1.54. The molecule has 0 fully saturated rings. The largest absolute Gasteiger partial charge is 0.368 e. The Bertz CT molecular complexity index is 1730. The van der Waals surface area contributed by atoms with Gasteiger partial charge in [0.05, 0.1) is 28.6 Å². The molecule has 0 saturated carbocycles. The van der Waals surface area contributed by atoms with E-state index in [1.807, 2.05) is 6.07 Å². The molecule has 6 aromatic rings. The lowest BCUT2D eigenvalue weighted by atomic mass is 9.99. The van der Waals surface area contributed by atoms with Crippen LogP contribution >= 0.6 is 0 Å². The van der Waals surface area contributed by atoms with Crippen LogP contribution in [0.2, 0.25) is 0 Å². The predicted octanol–water partition coefficient (Wildman–Crippen LogP) is 1.19. The summed E-state index contributed by atoms with van der Waals surface area (Å²) in [7, 11) is 0. The second kappa shape index (κ2) is 8.57. The highest BCUT2D eigenvalue weighted by atomic mass is 15.6. The van der Waals surface area contributed by atoms with Crippen molar-refractivity contribution in [2.75, 3.05) is 5.73 Å². The van der Waals surface area contributed by atoms with Crippen LogP contribution in [-0.2, 0) is 6.54 Å². The van der Waals surface area contributed by atoms with Crippen molar-refractivity contribution in [2.45, 2.75) is 6.54 Å². The average molecular weight is 474 g/mol. The van der Waals surface area contributed by atoms with E-state index in [9.17, 15) is 5.26 Å². The molecular weight excluding hydrogens is 460 g/mol. The number of hydrogen-bond acceptors (Lipinski definition) is 12. The number of nitrogen functional groups attached to an aromatic ring is 1. The van der Waals surface area contributed by atoms with Crippen LogP contribution in [0.15, 0.2) is 61.3 Å². The van der Waals surface area contributed by atoms with Crippen molar-refractivity contribution in [3.8, 4) is 40.2 Å². The van der Waals surface area contributed by atoms with Gasteiger partial charge in [-0.3, -0.25) is 0 Å². The van der Waals surface area contributed by atoms with Crippen LogP contribution in [0, 0.1) is 11.3 Å². The van der Waals surface area contributed by atoms with Crippen LogP contribution in [0.5, 0.6) is 0 Å². The summed E-state index contributed by atoms with van der Waals surface area (Å²) in [5.41, 5.74) is 9.30. The number of benzene rings is 1. The van der Waals surface area contributed by atoms with Crippen molar-refractivity contribution in [1.82, 2.24) is 59.7 Å². The van der Waals surface area contributed by atoms with Crippen LogP contribution in [-0.4, -0.2) is 59.7 Å². The van der Waals surface area contributed by atoms with Crippen LogP contribution in [0.4, 0.5) is 5.95 Å². The first-order valence-electron chi connectivity index (χ1n) is 10.6. The van der Waals surface area contributed by atoms with Gasteiger partial charge in [-0.25, -0.2) is 34.6 Å². The summed E-state index contributed by atoms with van der Waals surface area (Å²) in [6.07, 6.45) is 6.24. The summed E-state index contributed by atoms with van der Waals surface area (Å²) in [6.45, 7) is 0.120. The summed E-state index contributed by atoms with van der Waals surface area (Å²) >= 11 is 0. The van der Waals surface area contributed by atoms with E-state index in [0.29, 0.717) is 51.2 Å². The maximum atomic E-state index is 9.69. The number of nitriles is 1. The maximum absolute atomic E-state index is 9.69. The first-order valence-corrected chi connectivity index (χ1v) is 10.6. The Kier molecular flexibility index (Phi) is 4.97. The molecule has 1 aromatic carbocycles. The first kappa shape index (κ1) is 20.9. The Hall–Kier alpha value is -5.71. The molecule has 2 N–H and O–H groups in total. The van der Waals surface area contributed by atoms with Gasteiger partial charge in [0.25, 0.3) is 0 Å². The van der Waals surface area contributed by atoms with Gasteiger partial charge < -0.3 is 5.73 Å². The van der Waals surface area contributed by atoms with Gasteiger partial charge in [0.2, 0.25) is 11.8 Å². The molecule has 0 aliphatic carbocycles. The van der Waals surface area contributed by atoms with E-state index in [0.717, 1.165) is 0 Å². The van der Waals surface area contributed by atoms with Gasteiger partial charge in [-0.2, -0.15) is 9.78 Å². The van der Waals surface area contributed by atoms with Gasteiger partial charge in [0.15, 0.2) is 17.3 Å². The topological polar surface area (TPSA) is 188 Å². The Morgan fingerprint density at radius 3 is 2.64 bits per heavy atom. The number of nitrogens with two attached hydrogens (primary N) is 1. The summed E-state index contributed by atoms with van der Waals surface area (Å²) in [6, 6.07) is 12.7. The monoisotopic (exact) mass is 474 g/mol. The molecule has 0 atom stereocenters. The lowest BCUT2D eigenvalue weighted by molar-refractivity contribution is 0.626. The van der Waals surface area contributed by atoms with Gasteiger partial charge >= 0.3 is 0 Å². The molecule has 0 unspecified atom stereocenters. The minimum absolute atomic E-state index is 0.0904. The smallest absolute Gasteiger partial charge is 0.223 e. The summed E-state index contributed by atoms with van der Waals surface area (Å²) < 4.78 is 2.91. The number of tetrazole rings is 1. The lowest BCUT2D eigenvalue weighted by Gasteiger charge is -2.12. The number of rotatable bonds is 5. The molecule has 5 aromatic heterocycles. The Labute approximate surface area is 202 Å². The van der Waals surface area contributed by atoms with Crippen molar-refractivity contribution in [2.24, 2.45) is 0 Å². The molecule has 14 heteroatoms. The average Bonchev–Trinajstić information content (AvgIpc) is 3.57. The third-order valence-corrected chi connectivity index (χ3v) is 5.28. The number of hydrogen-bond donors (Lipinski definition) is 1. The molecule has 0 amide bonds. The van der Waals surface area contributed by atoms with Gasteiger partial charge in [-0.05, 0) is 28.6 Å². The summed E-state index contributed by atoms with van der Waals surface area (Å²) in [5.74, 6) is 1.19. The first-order chi connectivity index (χ1) is 17.7. The second-order valence-corrected chi connectivity index (χ2v) is 7.44. The molecule has 0 spiro atoms. The van der Waals surface area contributed by atoms with E-state index in [1.165, 1.54) is 15.5 Å². The van der Waals surface area contributed by atoms with E-state index < -0.39 is 0 Å². The molecule has 0 saturated heterocycles. The zero-order valence-electron chi connectivity index (χ0n) is 18.4. The Morgan fingerprint density at radius 2 is 1.83 bits per heavy atom. The number of aromatic nitrogens is 12. The number of nitrogens with zero attached hydrogens (tertiary/aromatic N) is 13. The third-order valence-electron chi connectivity index (χ3n) is 5.28. The van der Waals surface area contributed by atoms with Crippen molar-refractivity contribution < 1.29 is 0 Å². The highest BCUT2D eigenvalue weighted by Gasteiger charge is 2.23. The van der Waals surface area contributed by atoms with Crippen molar-refractivity contribution in [1.29, 1.82) is 5.26 Å². The van der Waals surface area contributed by atoms with Gasteiger partial charge in [-0.1, -0.05) is 18.2 Å². The minimum atomic E-state index is 0.0904. The van der Waals surface area contributed by atoms with E-state index >= 15 is 0 Å². The number of anilines is 1. The number of fused-ring (bicyclic) bond motifs is 1. The maximum Gasteiger partial charge on any atom is 0.223 e. The molecular formula is C22H14N14. The normalized spacial score (nSPS) is 11.0. The molecule has 5 heterocycles. The molecule has 6 rings (SSSR count). The van der Waals surface area contributed by atoms with E-state index in [-0.39, 0.29) is 12.5 Å². The van der Waals surface area contributed by atoms with E-state index in [2.05, 4.69) is 51.6 Å². The van der Waals surface area contributed by atoms with Crippen molar-refractivity contribution in [3.63, 3.8) is 0 Å². The summed E-state index contributed by atoms with van der Waals surface area (Å²) in [4.78, 5) is 26.1. The fourth-order valence-corrected chi connectivity index (χ4v) is 3.74. The van der Waals surface area contributed by atoms with Crippen LogP contribution in [0.3, 0.4) is 0 Å². The molecule has 0 radical (unpaired) electrons. The molecule has 0 aliphatic rings. The van der Waals surface area contributed by atoms with Gasteiger partial charge in [0, 0.05) is 24.2 Å². The van der Waals surface area contributed by atoms with Gasteiger partial charge in [-0.15, -0.1) is 10.2 Å². The second-order valence-electron chi connectivity index (χ2n) is 7.44. The van der Waals surface area contributed by atoms with Crippen molar-refractivity contribution in [3.05, 3.63) is 72.7 Å². The lowest BCUT2D eigenvalue weighted by Crippen LogP contribution is -2.08. The van der Waals surface area contributed by atoms with Crippen molar-refractivity contribution >= 4 is 11.6 Å². The highest BCUT2D eigenvalue weighted by Crippen LogP contribution is 2.35. The zero-order chi connectivity index (χ0) is 24.5. The summed E-state index contributed by atoms with van der Waals surface area (Å²) in [5, 5.41) is 26.0. The molecule has 0 aliphatic heterocycles. The SMILES string of the molecule is N#Cc1ccccc1-c1nc(N)n2nc(Cn3nnnc3-c3ncccn3)nc2c1-c1ccncn1. The Morgan fingerprint density at radius 1 is 0.972 bits per heavy atom.